The molecule has 0 N–H and O–H groups in total. The minimum Gasteiger partial charge on any atom is -0.497 e. The van der Waals surface area contributed by atoms with Gasteiger partial charge in [0.05, 0.1) is 12.9 Å². The summed E-state index contributed by atoms with van der Waals surface area (Å²) in [6, 6.07) is 15.6. The Labute approximate surface area is 187 Å². The Morgan fingerprint density at radius 2 is 1.97 bits per heavy atom. The van der Waals surface area contributed by atoms with E-state index in [0.717, 1.165) is 33.4 Å². The van der Waals surface area contributed by atoms with Crippen molar-refractivity contribution in [1.29, 1.82) is 0 Å². The van der Waals surface area contributed by atoms with Gasteiger partial charge in [0, 0.05) is 18.5 Å². The van der Waals surface area contributed by atoms with Crippen molar-refractivity contribution in [2.45, 2.75) is 38.6 Å². The van der Waals surface area contributed by atoms with Crippen LogP contribution in [0.3, 0.4) is 0 Å². The number of benzene rings is 2. The highest BCUT2D eigenvalue weighted by Gasteiger charge is 2.14. The third-order valence-corrected chi connectivity index (χ3v) is 5.75. The number of ether oxygens (including phenoxy) is 2. The second-order valence-corrected chi connectivity index (χ2v) is 8.02. The Morgan fingerprint density at radius 3 is 2.71 bits per heavy atom. The van der Waals surface area contributed by atoms with E-state index in [1.165, 1.54) is 11.8 Å². The Bertz CT molecular complexity index is 1060. The molecule has 6 nitrogen and oxygen atoms in total. The molecule has 0 amide bonds. The summed E-state index contributed by atoms with van der Waals surface area (Å²) in [5.74, 6) is 2.57. The average molecular weight is 438 g/mol. The van der Waals surface area contributed by atoms with Gasteiger partial charge in [-0.1, -0.05) is 48.7 Å². The van der Waals surface area contributed by atoms with Crippen molar-refractivity contribution in [1.82, 2.24) is 14.8 Å². The first-order valence-electron chi connectivity index (χ1n) is 10.1. The number of aromatic nitrogens is 3. The number of carbonyl (C=O) groups excluding carboxylic acids is 1. The minimum absolute atomic E-state index is 0.119. The summed E-state index contributed by atoms with van der Waals surface area (Å²) < 4.78 is 13.0. The van der Waals surface area contributed by atoms with Crippen LogP contribution in [0.15, 0.2) is 60.3 Å². The lowest BCUT2D eigenvalue weighted by atomic mass is 10.1. The maximum atomic E-state index is 12.5. The van der Waals surface area contributed by atoms with Crippen molar-refractivity contribution >= 4 is 23.3 Å². The molecule has 0 aliphatic carbocycles. The van der Waals surface area contributed by atoms with Gasteiger partial charge < -0.3 is 14.0 Å². The summed E-state index contributed by atoms with van der Waals surface area (Å²) in [7, 11) is 1.58. The van der Waals surface area contributed by atoms with Gasteiger partial charge >= 0.3 is 0 Å². The van der Waals surface area contributed by atoms with Crippen LogP contribution in [0.1, 0.15) is 29.4 Å². The van der Waals surface area contributed by atoms with Crippen LogP contribution in [0.5, 0.6) is 5.75 Å². The quantitative estimate of drug-likeness (QED) is 0.320. The zero-order chi connectivity index (χ0) is 22.2. The average Bonchev–Trinajstić information content (AvgIpc) is 3.17. The predicted octanol–water partition coefficient (Wildman–Crippen LogP) is 4.71. The number of thioether (sulfide) groups is 1. The molecule has 31 heavy (non-hydrogen) atoms. The second-order valence-electron chi connectivity index (χ2n) is 7.08. The molecule has 1 aromatic heterocycles. The number of hydrogen-bond donors (Lipinski definition) is 0. The molecule has 2 aromatic carbocycles. The highest BCUT2D eigenvalue weighted by Crippen LogP contribution is 2.20. The van der Waals surface area contributed by atoms with Gasteiger partial charge in [0.25, 0.3) is 0 Å². The van der Waals surface area contributed by atoms with Gasteiger partial charge in [-0.05, 0) is 43.2 Å². The zero-order valence-corrected chi connectivity index (χ0v) is 18.9. The first-order valence-corrected chi connectivity index (χ1v) is 11.1. The van der Waals surface area contributed by atoms with Gasteiger partial charge in [0.15, 0.2) is 11.0 Å². The summed E-state index contributed by atoms with van der Waals surface area (Å²) in [4.78, 5) is 12.5. The van der Waals surface area contributed by atoms with Crippen molar-refractivity contribution in [3.05, 3.63) is 77.6 Å². The summed E-state index contributed by atoms with van der Waals surface area (Å²) in [6.07, 6.45) is 0.349. The maximum Gasteiger partial charge on any atom is 0.191 e. The summed E-state index contributed by atoms with van der Waals surface area (Å²) in [6.45, 7) is 8.95. The van der Waals surface area contributed by atoms with Gasteiger partial charge in [-0.2, -0.15) is 0 Å². The molecule has 162 valence electrons. The number of Topliss-reactive ketones (excluding diaryl/α,β-unsaturated/α-hetero) is 1. The number of hydrogen-bond acceptors (Lipinski definition) is 6. The number of rotatable bonds is 11. The predicted molar refractivity (Wildman–Crippen MR) is 123 cm³/mol. The van der Waals surface area contributed by atoms with Gasteiger partial charge in [0.2, 0.25) is 0 Å². The number of aryl methyl sites for hydroxylation is 1. The molecule has 0 saturated heterocycles. The fraction of sp³-hybridized carbons (Fsp3) is 0.292. The Morgan fingerprint density at radius 1 is 1.16 bits per heavy atom. The lowest BCUT2D eigenvalue weighted by Gasteiger charge is -2.09. The van der Waals surface area contributed by atoms with Gasteiger partial charge in [-0.25, -0.2) is 0 Å². The lowest BCUT2D eigenvalue weighted by Crippen LogP contribution is -2.09. The fourth-order valence-electron chi connectivity index (χ4n) is 3.10. The first-order chi connectivity index (χ1) is 15.0. The highest BCUT2D eigenvalue weighted by atomic mass is 32.2. The number of carbonyl (C=O) groups is 1. The monoisotopic (exact) mass is 437 g/mol. The number of nitrogens with zero attached hydrogens (tertiary/aromatic N) is 3. The van der Waals surface area contributed by atoms with Gasteiger partial charge in [-0.15, -0.1) is 10.2 Å². The highest BCUT2D eigenvalue weighted by molar-refractivity contribution is 7.99. The van der Waals surface area contributed by atoms with E-state index in [1.54, 1.807) is 7.11 Å². The van der Waals surface area contributed by atoms with Crippen LogP contribution in [0.4, 0.5) is 0 Å². The first kappa shape index (κ1) is 22.6. The maximum absolute atomic E-state index is 12.5. The van der Waals surface area contributed by atoms with E-state index >= 15 is 0 Å². The van der Waals surface area contributed by atoms with E-state index in [2.05, 4.69) is 16.8 Å². The topological polar surface area (TPSA) is 66.2 Å². The van der Waals surface area contributed by atoms with Crippen molar-refractivity contribution in [2.75, 3.05) is 12.9 Å². The molecule has 1 heterocycles. The van der Waals surface area contributed by atoms with E-state index in [9.17, 15) is 4.79 Å². The number of methoxy groups -OCH3 is 1. The van der Waals surface area contributed by atoms with Crippen LogP contribution in [-0.4, -0.2) is 33.4 Å². The molecule has 7 heteroatoms. The van der Waals surface area contributed by atoms with E-state index in [0.29, 0.717) is 31.1 Å². The molecule has 0 saturated carbocycles. The van der Waals surface area contributed by atoms with E-state index in [-0.39, 0.29) is 5.78 Å². The van der Waals surface area contributed by atoms with Crippen molar-refractivity contribution in [2.24, 2.45) is 0 Å². The van der Waals surface area contributed by atoms with Crippen LogP contribution < -0.4 is 4.74 Å². The Hall–Kier alpha value is -3.06. The summed E-state index contributed by atoms with van der Waals surface area (Å²) in [5, 5.41) is 9.24. The van der Waals surface area contributed by atoms with Crippen LogP contribution in [0.2, 0.25) is 0 Å². The number of ketones is 1. The summed E-state index contributed by atoms with van der Waals surface area (Å²) in [5.41, 5.74) is 2.95. The largest absolute Gasteiger partial charge is 0.497 e. The zero-order valence-electron chi connectivity index (χ0n) is 18.1. The standard InChI is InChI=1S/C24H27N3O3S/c1-5-27-23(15-30-22-11-6-8-17(2)12-22)25-26-24(27)31-16-21(28)14-19-9-7-10-20(13-19)18(3)29-4/h6-13H,3,5,14-16H2,1-2,4H3. The smallest absolute Gasteiger partial charge is 0.191 e. The molecule has 3 rings (SSSR count). The Kier molecular flexibility index (Phi) is 7.89. The van der Waals surface area contributed by atoms with E-state index in [4.69, 9.17) is 9.47 Å². The van der Waals surface area contributed by atoms with Crippen molar-refractivity contribution in [3.63, 3.8) is 0 Å². The fourth-order valence-corrected chi connectivity index (χ4v) is 3.98. The molecule has 0 bridgehead atoms. The van der Waals surface area contributed by atoms with E-state index in [1.807, 2.05) is 66.9 Å². The van der Waals surface area contributed by atoms with Gasteiger partial charge in [-0.3, -0.25) is 4.79 Å². The molecule has 0 aliphatic rings. The van der Waals surface area contributed by atoms with Gasteiger partial charge in [0.1, 0.15) is 23.9 Å². The normalized spacial score (nSPS) is 10.7. The molecular weight excluding hydrogens is 410 g/mol. The van der Waals surface area contributed by atoms with Crippen LogP contribution >= 0.6 is 11.8 Å². The van der Waals surface area contributed by atoms with Crippen LogP contribution in [0.25, 0.3) is 5.76 Å². The van der Waals surface area contributed by atoms with Crippen molar-refractivity contribution in [3.8, 4) is 5.75 Å². The third-order valence-electron chi connectivity index (χ3n) is 4.73. The van der Waals surface area contributed by atoms with Crippen LogP contribution in [0, 0.1) is 6.92 Å². The second kappa shape index (κ2) is 10.8. The van der Waals surface area contributed by atoms with Crippen molar-refractivity contribution < 1.29 is 14.3 Å². The van der Waals surface area contributed by atoms with Crippen LogP contribution in [-0.2, 0) is 29.1 Å². The molecule has 3 aromatic rings. The SMILES string of the molecule is C=C(OC)c1cccc(CC(=O)CSc2nnc(COc3cccc(C)c3)n2CC)c1. The van der Waals surface area contributed by atoms with E-state index < -0.39 is 0 Å². The molecule has 0 spiro atoms. The molecule has 0 unspecified atom stereocenters. The summed E-state index contributed by atoms with van der Waals surface area (Å²) >= 11 is 1.40. The molecule has 0 fully saturated rings. The lowest BCUT2D eigenvalue weighted by molar-refractivity contribution is -0.116. The minimum atomic E-state index is 0.119. The third kappa shape index (κ3) is 6.21. The molecule has 0 aliphatic heterocycles. The molecular formula is C24H27N3O3S. The molecule has 0 radical (unpaired) electrons. The molecule has 0 atom stereocenters. The Balaban J connectivity index is 1.57.